The number of likely N-dealkylation sites (N-methyl/N-ethyl adjacent to an activating group) is 1. The molecular weight excluding hydrogens is 331 g/mol. The van der Waals surface area contributed by atoms with Crippen LogP contribution in [0.2, 0.25) is 0 Å². The second kappa shape index (κ2) is 10.2. The van der Waals surface area contributed by atoms with Gasteiger partial charge in [0, 0.05) is 32.2 Å². The van der Waals surface area contributed by atoms with Crippen LogP contribution >= 0.6 is 0 Å². The first kappa shape index (κ1) is 19.4. The van der Waals surface area contributed by atoms with Crippen molar-refractivity contribution < 1.29 is 9.18 Å². The number of rotatable bonds is 7. The lowest BCUT2D eigenvalue weighted by Gasteiger charge is -2.22. The van der Waals surface area contributed by atoms with Crippen molar-refractivity contribution in [1.29, 1.82) is 0 Å². The molecule has 2 N–H and O–H groups in total. The lowest BCUT2D eigenvalue weighted by molar-refractivity contribution is -0.130. The summed E-state index contributed by atoms with van der Waals surface area (Å²) in [7, 11) is 1.61. The van der Waals surface area contributed by atoms with E-state index in [4.69, 9.17) is 0 Å². The van der Waals surface area contributed by atoms with Gasteiger partial charge in [-0.05, 0) is 18.6 Å². The summed E-state index contributed by atoms with van der Waals surface area (Å²) in [4.78, 5) is 18.3. The van der Waals surface area contributed by atoms with E-state index in [0.717, 1.165) is 5.56 Å². The van der Waals surface area contributed by atoms with Crippen LogP contribution in [-0.2, 0) is 17.9 Å². The van der Waals surface area contributed by atoms with Crippen LogP contribution in [0.3, 0.4) is 0 Å². The van der Waals surface area contributed by atoms with E-state index in [1.54, 1.807) is 30.1 Å². The second-order valence-electron chi connectivity index (χ2n) is 5.76. The number of carbonyl (C=O) groups excluding carboxylic acids is 1. The Morgan fingerprint density at radius 1 is 1.08 bits per heavy atom. The summed E-state index contributed by atoms with van der Waals surface area (Å²) in [6.45, 7) is 3.56. The average molecular weight is 356 g/mol. The smallest absolute Gasteiger partial charge is 0.242 e. The van der Waals surface area contributed by atoms with E-state index in [0.29, 0.717) is 31.2 Å². The Kier molecular flexibility index (Phi) is 7.61. The number of carbonyl (C=O) groups is 1. The lowest BCUT2D eigenvalue weighted by atomic mass is 10.2. The molecule has 0 aliphatic rings. The molecule has 1 amide bonds. The van der Waals surface area contributed by atoms with E-state index < -0.39 is 0 Å². The molecular formula is C20H25FN4O. The SMILES string of the molecule is CCN(Cc1ccccc1)C(=O)CNC(=NC)NCc1ccccc1F. The maximum absolute atomic E-state index is 13.7. The van der Waals surface area contributed by atoms with Gasteiger partial charge in [-0.3, -0.25) is 9.79 Å². The van der Waals surface area contributed by atoms with Crippen LogP contribution in [0.5, 0.6) is 0 Å². The topological polar surface area (TPSA) is 56.7 Å². The number of aliphatic imine (C=N–C) groups is 1. The zero-order valence-corrected chi connectivity index (χ0v) is 15.2. The van der Waals surface area contributed by atoms with Crippen LogP contribution in [0.25, 0.3) is 0 Å². The maximum atomic E-state index is 13.7. The largest absolute Gasteiger partial charge is 0.352 e. The maximum Gasteiger partial charge on any atom is 0.242 e. The third-order valence-corrected chi connectivity index (χ3v) is 3.99. The van der Waals surface area contributed by atoms with Crippen LogP contribution in [0.4, 0.5) is 4.39 Å². The van der Waals surface area contributed by atoms with Gasteiger partial charge in [0.25, 0.3) is 0 Å². The zero-order chi connectivity index (χ0) is 18.8. The van der Waals surface area contributed by atoms with Gasteiger partial charge >= 0.3 is 0 Å². The van der Waals surface area contributed by atoms with E-state index in [1.807, 2.05) is 37.3 Å². The van der Waals surface area contributed by atoms with E-state index >= 15 is 0 Å². The Hall–Kier alpha value is -2.89. The highest BCUT2D eigenvalue weighted by Crippen LogP contribution is 2.06. The minimum atomic E-state index is -0.272. The number of amides is 1. The summed E-state index contributed by atoms with van der Waals surface area (Å²) in [5.74, 6) is 0.161. The summed E-state index contributed by atoms with van der Waals surface area (Å²) in [5.41, 5.74) is 1.63. The van der Waals surface area contributed by atoms with Crippen molar-refractivity contribution >= 4 is 11.9 Å². The molecule has 2 aromatic carbocycles. The van der Waals surface area contributed by atoms with Gasteiger partial charge in [0.1, 0.15) is 5.82 Å². The Balaban J connectivity index is 1.84. The molecule has 0 aromatic heterocycles. The molecule has 0 unspecified atom stereocenters. The van der Waals surface area contributed by atoms with Crippen molar-refractivity contribution in [2.75, 3.05) is 20.1 Å². The van der Waals surface area contributed by atoms with Gasteiger partial charge in [-0.2, -0.15) is 0 Å². The minimum absolute atomic E-state index is 0.0230. The van der Waals surface area contributed by atoms with Crippen molar-refractivity contribution in [2.45, 2.75) is 20.0 Å². The van der Waals surface area contributed by atoms with Crippen LogP contribution in [0, 0.1) is 5.82 Å². The van der Waals surface area contributed by atoms with Crippen molar-refractivity contribution in [3.63, 3.8) is 0 Å². The van der Waals surface area contributed by atoms with Gasteiger partial charge in [-0.25, -0.2) is 4.39 Å². The van der Waals surface area contributed by atoms with E-state index in [1.165, 1.54) is 6.07 Å². The molecule has 0 atom stereocenters. The Morgan fingerprint density at radius 2 is 1.77 bits per heavy atom. The third kappa shape index (κ3) is 5.88. The first-order valence-electron chi connectivity index (χ1n) is 8.63. The number of hydrogen-bond donors (Lipinski definition) is 2. The Morgan fingerprint density at radius 3 is 2.42 bits per heavy atom. The third-order valence-electron chi connectivity index (χ3n) is 3.99. The van der Waals surface area contributed by atoms with Gasteiger partial charge in [0.2, 0.25) is 5.91 Å². The van der Waals surface area contributed by atoms with Crippen LogP contribution < -0.4 is 10.6 Å². The predicted octanol–water partition coefficient (Wildman–Crippen LogP) is 2.54. The summed E-state index contributed by atoms with van der Waals surface area (Å²) in [5, 5.41) is 6.00. The van der Waals surface area contributed by atoms with Gasteiger partial charge in [-0.1, -0.05) is 48.5 Å². The van der Waals surface area contributed by atoms with Crippen LogP contribution in [0.15, 0.2) is 59.6 Å². The molecule has 0 spiro atoms. The molecule has 0 fully saturated rings. The fourth-order valence-electron chi connectivity index (χ4n) is 2.49. The summed E-state index contributed by atoms with van der Waals surface area (Å²) < 4.78 is 13.7. The lowest BCUT2D eigenvalue weighted by Crippen LogP contribution is -2.44. The molecule has 0 radical (unpaired) electrons. The zero-order valence-electron chi connectivity index (χ0n) is 15.2. The Labute approximate surface area is 153 Å². The fraction of sp³-hybridized carbons (Fsp3) is 0.300. The quantitative estimate of drug-likeness (QED) is 0.592. The van der Waals surface area contributed by atoms with Crippen molar-refractivity contribution in [3.05, 3.63) is 71.5 Å². The molecule has 2 rings (SSSR count). The predicted molar refractivity (Wildman–Crippen MR) is 102 cm³/mol. The molecule has 0 saturated carbocycles. The number of hydrogen-bond acceptors (Lipinski definition) is 2. The summed E-state index contributed by atoms with van der Waals surface area (Å²) >= 11 is 0. The van der Waals surface area contributed by atoms with Gasteiger partial charge in [-0.15, -0.1) is 0 Å². The normalized spacial score (nSPS) is 11.1. The molecule has 6 heteroatoms. The molecule has 0 aliphatic carbocycles. The highest BCUT2D eigenvalue weighted by atomic mass is 19.1. The molecule has 0 heterocycles. The highest BCUT2D eigenvalue weighted by molar-refractivity contribution is 5.86. The summed E-state index contributed by atoms with van der Waals surface area (Å²) in [6, 6.07) is 16.4. The van der Waals surface area contributed by atoms with Crippen molar-refractivity contribution in [2.24, 2.45) is 4.99 Å². The van der Waals surface area contributed by atoms with Crippen LogP contribution in [-0.4, -0.2) is 36.9 Å². The number of nitrogens with zero attached hydrogens (tertiary/aromatic N) is 2. The van der Waals surface area contributed by atoms with Gasteiger partial charge < -0.3 is 15.5 Å². The average Bonchev–Trinajstić information content (AvgIpc) is 2.68. The van der Waals surface area contributed by atoms with Crippen molar-refractivity contribution in [3.8, 4) is 0 Å². The first-order chi connectivity index (χ1) is 12.6. The number of guanidine groups is 1. The van der Waals surface area contributed by atoms with Crippen LogP contribution in [0.1, 0.15) is 18.1 Å². The van der Waals surface area contributed by atoms with E-state index in [2.05, 4.69) is 15.6 Å². The number of nitrogens with one attached hydrogen (secondary N) is 2. The minimum Gasteiger partial charge on any atom is -0.352 e. The number of benzene rings is 2. The Bertz CT molecular complexity index is 734. The molecule has 0 saturated heterocycles. The van der Waals surface area contributed by atoms with E-state index in [9.17, 15) is 9.18 Å². The second-order valence-corrected chi connectivity index (χ2v) is 5.76. The molecule has 138 valence electrons. The molecule has 0 aliphatic heterocycles. The monoisotopic (exact) mass is 356 g/mol. The van der Waals surface area contributed by atoms with Gasteiger partial charge in [0.15, 0.2) is 5.96 Å². The first-order valence-corrected chi connectivity index (χ1v) is 8.63. The summed E-state index contributed by atoms with van der Waals surface area (Å²) in [6.07, 6.45) is 0. The fourth-order valence-corrected chi connectivity index (χ4v) is 2.49. The molecule has 0 bridgehead atoms. The molecule has 26 heavy (non-hydrogen) atoms. The molecule has 5 nitrogen and oxygen atoms in total. The standard InChI is InChI=1S/C20H25FN4O/c1-3-25(15-16-9-5-4-6-10-16)19(26)14-24-20(22-2)23-13-17-11-7-8-12-18(17)21/h4-12H,3,13-15H2,1-2H3,(H2,22,23,24). The molecule has 2 aromatic rings. The van der Waals surface area contributed by atoms with Gasteiger partial charge in [0.05, 0.1) is 6.54 Å². The van der Waals surface area contributed by atoms with E-state index in [-0.39, 0.29) is 18.3 Å². The van der Waals surface area contributed by atoms with Crippen molar-refractivity contribution in [1.82, 2.24) is 15.5 Å². The highest BCUT2D eigenvalue weighted by Gasteiger charge is 2.12. The number of halogens is 1.